The standard InChI is InChI=1S/C24H30N4O4S/c1-17-16-18(2)25-24-21(17)23(30)22(19(3)29)28(33(24,31)32)11-7-10-26-12-14-27(15-13-26)20-8-5-4-6-9-20/h4-6,8-9,16,30H,7,10-15H2,1-3H3. The summed E-state index contributed by atoms with van der Waals surface area (Å²) in [5, 5.41) is 10.7. The number of rotatable bonds is 6. The van der Waals surface area contributed by atoms with Crippen LogP contribution in [0, 0.1) is 13.8 Å². The van der Waals surface area contributed by atoms with Gasteiger partial charge < -0.3 is 10.0 Å². The van der Waals surface area contributed by atoms with E-state index in [-0.39, 0.29) is 28.6 Å². The lowest BCUT2D eigenvalue weighted by Gasteiger charge is -2.36. The van der Waals surface area contributed by atoms with Crippen molar-refractivity contribution in [3.8, 4) is 0 Å². The van der Waals surface area contributed by atoms with Crippen LogP contribution in [-0.4, -0.2) is 72.8 Å². The number of fused-ring (bicyclic) bond motifs is 1. The number of benzene rings is 1. The molecule has 1 saturated heterocycles. The second kappa shape index (κ2) is 9.15. The number of aryl methyl sites for hydroxylation is 2. The number of pyridine rings is 1. The maximum absolute atomic E-state index is 13.4. The van der Waals surface area contributed by atoms with E-state index in [1.807, 2.05) is 18.2 Å². The lowest BCUT2D eigenvalue weighted by atomic mass is 10.1. The maximum Gasteiger partial charge on any atom is 0.282 e. The minimum atomic E-state index is -4.05. The number of aliphatic hydroxyl groups excluding tert-OH is 1. The summed E-state index contributed by atoms with van der Waals surface area (Å²) >= 11 is 0. The van der Waals surface area contributed by atoms with Crippen LogP contribution in [0.3, 0.4) is 0 Å². The van der Waals surface area contributed by atoms with Crippen LogP contribution in [0.5, 0.6) is 0 Å². The Bertz CT molecular complexity index is 1190. The molecule has 0 bridgehead atoms. The first-order valence-corrected chi connectivity index (χ1v) is 12.6. The monoisotopic (exact) mass is 470 g/mol. The molecule has 1 aromatic heterocycles. The van der Waals surface area contributed by atoms with Crippen molar-refractivity contribution in [2.24, 2.45) is 0 Å². The molecular weight excluding hydrogens is 440 g/mol. The summed E-state index contributed by atoms with van der Waals surface area (Å²) in [5.74, 6) is -0.799. The lowest BCUT2D eigenvalue weighted by molar-refractivity contribution is -0.114. The fourth-order valence-corrected chi connectivity index (χ4v) is 6.43. The Morgan fingerprint density at radius 1 is 1.06 bits per heavy atom. The van der Waals surface area contributed by atoms with Gasteiger partial charge in [-0.3, -0.25) is 14.0 Å². The summed E-state index contributed by atoms with van der Waals surface area (Å²) in [6, 6.07) is 12.0. The molecule has 0 aliphatic carbocycles. The normalized spacial score (nSPS) is 18.4. The summed E-state index contributed by atoms with van der Waals surface area (Å²) in [6.45, 7) is 9.07. The first kappa shape index (κ1) is 23.3. The third kappa shape index (κ3) is 4.47. The van der Waals surface area contributed by atoms with Crippen LogP contribution in [0.1, 0.15) is 30.2 Å². The van der Waals surface area contributed by atoms with Crippen LogP contribution in [-0.2, 0) is 14.8 Å². The van der Waals surface area contributed by atoms with E-state index in [0.717, 1.165) is 30.5 Å². The number of hydrogen-bond donors (Lipinski definition) is 1. The summed E-state index contributed by atoms with van der Waals surface area (Å²) in [7, 11) is -4.05. The number of aliphatic hydroxyl groups is 1. The number of aromatic nitrogens is 1. The molecule has 0 radical (unpaired) electrons. The number of ketones is 1. The Hall–Kier alpha value is -2.91. The molecule has 2 aromatic rings. The third-order valence-electron chi connectivity index (χ3n) is 6.22. The van der Waals surface area contributed by atoms with E-state index >= 15 is 0 Å². The largest absolute Gasteiger partial charge is 0.505 e. The molecule has 9 heteroatoms. The highest BCUT2D eigenvalue weighted by molar-refractivity contribution is 7.89. The lowest BCUT2D eigenvalue weighted by Crippen LogP contribution is -2.47. The summed E-state index contributed by atoms with van der Waals surface area (Å²) < 4.78 is 27.8. The van der Waals surface area contributed by atoms with E-state index in [0.29, 0.717) is 24.2 Å². The highest BCUT2D eigenvalue weighted by Crippen LogP contribution is 2.37. The fourth-order valence-electron chi connectivity index (χ4n) is 4.62. The van der Waals surface area contributed by atoms with Gasteiger partial charge in [0.1, 0.15) is 5.70 Å². The Morgan fingerprint density at radius 2 is 1.73 bits per heavy atom. The molecule has 1 aromatic carbocycles. The number of anilines is 1. The number of piperazine rings is 1. The van der Waals surface area contributed by atoms with Crippen LogP contribution in [0.15, 0.2) is 47.1 Å². The SMILES string of the molecule is CC(=O)C1=C(O)c2c(C)cc(C)nc2S(=O)(=O)N1CCCN1CCN(c2ccccc2)CC1. The number of para-hydroxylation sites is 1. The second-order valence-corrected chi connectivity index (χ2v) is 10.4. The summed E-state index contributed by atoms with van der Waals surface area (Å²) in [4.78, 5) is 21.2. The van der Waals surface area contributed by atoms with Crippen molar-refractivity contribution < 1.29 is 18.3 Å². The van der Waals surface area contributed by atoms with Crippen LogP contribution in [0.25, 0.3) is 5.76 Å². The van der Waals surface area contributed by atoms with Gasteiger partial charge in [0.25, 0.3) is 10.0 Å². The van der Waals surface area contributed by atoms with Crippen molar-refractivity contribution >= 4 is 27.3 Å². The van der Waals surface area contributed by atoms with Gasteiger partial charge in [0.15, 0.2) is 16.6 Å². The first-order valence-electron chi connectivity index (χ1n) is 11.2. The number of carbonyl (C=O) groups excluding carboxylic acids is 1. The van der Waals surface area contributed by atoms with E-state index in [1.54, 1.807) is 19.9 Å². The molecule has 0 atom stereocenters. The van der Waals surface area contributed by atoms with Crippen molar-refractivity contribution in [2.75, 3.05) is 44.2 Å². The van der Waals surface area contributed by atoms with E-state index < -0.39 is 15.8 Å². The van der Waals surface area contributed by atoms with E-state index in [2.05, 4.69) is 26.9 Å². The smallest absolute Gasteiger partial charge is 0.282 e. The van der Waals surface area contributed by atoms with Crippen molar-refractivity contribution in [2.45, 2.75) is 32.2 Å². The van der Waals surface area contributed by atoms with Crippen molar-refractivity contribution in [1.29, 1.82) is 0 Å². The Labute approximate surface area is 195 Å². The molecule has 33 heavy (non-hydrogen) atoms. The van der Waals surface area contributed by atoms with Gasteiger partial charge in [-0.15, -0.1) is 0 Å². The Kier molecular flexibility index (Phi) is 6.45. The first-order chi connectivity index (χ1) is 15.7. The molecular formula is C24H30N4O4S. The average molecular weight is 471 g/mol. The van der Waals surface area contributed by atoms with Crippen LogP contribution >= 0.6 is 0 Å². The van der Waals surface area contributed by atoms with Gasteiger partial charge in [-0.1, -0.05) is 18.2 Å². The molecule has 2 aliphatic heterocycles. The molecule has 8 nitrogen and oxygen atoms in total. The number of allylic oxidation sites excluding steroid dienone is 1. The molecule has 4 rings (SSSR count). The van der Waals surface area contributed by atoms with Gasteiger partial charge in [-0.25, -0.2) is 4.98 Å². The predicted molar refractivity (Wildman–Crippen MR) is 128 cm³/mol. The van der Waals surface area contributed by atoms with Crippen LogP contribution in [0.2, 0.25) is 0 Å². The predicted octanol–water partition coefficient (Wildman–Crippen LogP) is 2.73. The van der Waals surface area contributed by atoms with Crippen molar-refractivity contribution in [3.63, 3.8) is 0 Å². The number of nitrogens with zero attached hydrogens (tertiary/aromatic N) is 4. The number of hydrogen-bond acceptors (Lipinski definition) is 7. The second-order valence-electron chi connectivity index (χ2n) is 8.61. The summed E-state index contributed by atoms with van der Waals surface area (Å²) in [6.07, 6.45) is 0.536. The quantitative estimate of drug-likeness (QED) is 0.694. The zero-order chi connectivity index (χ0) is 23.8. The van der Waals surface area contributed by atoms with E-state index in [4.69, 9.17) is 0 Å². The molecule has 3 heterocycles. The van der Waals surface area contributed by atoms with Gasteiger partial charge >= 0.3 is 0 Å². The van der Waals surface area contributed by atoms with Gasteiger partial charge in [0.05, 0.1) is 5.56 Å². The molecule has 2 aliphatic rings. The van der Waals surface area contributed by atoms with E-state index in [9.17, 15) is 18.3 Å². The van der Waals surface area contributed by atoms with Gasteiger partial charge in [-0.05, 0) is 44.0 Å². The van der Waals surface area contributed by atoms with Crippen LogP contribution < -0.4 is 4.90 Å². The number of sulfonamides is 1. The number of Topliss-reactive ketones (excluding diaryl/α,β-unsaturated/α-hetero) is 1. The van der Waals surface area contributed by atoms with E-state index in [1.165, 1.54) is 12.6 Å². The Balaban J connectivity index is 1.47. The average Bonchev–Trinajstić information content (AvgIpc) is 2.77. The summed E-state index contributed by atoms with van der Waals surface area (Å²) in [5.41, 5.74) is 2.28. The Morgan fingerprint density at radius 3 is 2.36 bits per heavy atom. The third-order valence-corrected chi connectivity index (χ3v) is 7.95. The fraction of sp³-hybridized carbons (Fsp3) is 0.417. The highest BCUT2D eigenvalue weighted by Gasteiger charge is 2.40. The zero-order valence-electron chi connectivity index (χ0n) is 19.3. The molecule has 0 saturated carbocycles. The van der Waals surface area contributed by atoms with Crippen molar-refractivity contribution in [3.05, 3.63) is 58.9 Å². The van der Waals surface area contributed by atoms with Crippen LogP contribution in [0.4, 0.5) is 5.69 Å². The minimum Gasteiger partial charge on any atom is -0.505 e. The van der Waals surface area contributed by atoms with Crippen molar-refractivity contribution in [1.82, 2.24) is 14.2 Å². The van der Waals surface area contributed by atoms with Gasteiger partial charge in [-0.2, -0.15) is 8.42 Å². The minimum absolute atomic E-state index is 0.105. The maximum atomic E-state index is 13.4. The molecule has 1 fully saturated rings. The topological polar surface area (TPSA) is 94.0 Å². The number of carbonyl (C=O) groups is 1. The van der Waals surface area contributed by atoms with Gasteiger partial charge in [0, 0.05) is 57.6 Å². The molecule has 0 amide bonds. The highest BCUT2D eigenvalue weighted by atomic mass is 32.2. The zero-order valence-corrected chi connectivity index (χ0v) is 20.1. The molecule has 0 unspecified atom stereocenters. The molecule has 176 valence electrons. The molecule has 0 spiro atoms. The van der Waals surface area contributed by atoms with Gasteiger partial charge in [0.2, 0.25) is 0 Å². The molecule has 1 N–H and O–H groups in total.